The molecular formula is C17H16N2OS. The first-order valence-electron chi connectivity index (χ1n) is 6.66. The van der Waals surface area contributed by atoms with Gasteiger partial charge in [0.05, 0.1) is 5.56 Å². The van der Waals surface area contributed by atoms with Crippen LogP contribution in [0.2, 0.25) is 0 Å². The fourth-order valence-corrected chi connectivity index (χ4v) is 2.77. The van der Waals surface area contributed by atoms with Crippen LogP contribution in [-0.2, 0) is 0 Å². The molecule has 3 nitrogen and oxygen atoms in total. The van der Waals surface area contributed by atoms with Crippen LogP contribution in [0.15, 0.2) is 57.9 Å². The van der Waals surface area contributed by atoms with Gasteiger partial charge in [-0.2, -0.15) is 0 Å². The van der Waals surface area contributed by atoms with Crippen molar-refractivity contribution in [1.82, 2.24) is 5.16 Å². The van der Waals surface area contributed by atoms with Crippen LogP contribution in [0.25, 0.3) is 22.4 Å². The minimum atomic E-state index is 0.355. The highest BCUT2D eigenvalue weighted by atomic mass is 32.2. The minimum absolute atomic E-state index is 0.355. The molecular weight excluding hydrogens is 280 g/mol. The zero-order valence-electron chi connectivity index (χ0n) is 12.0. The van der Waals surface area contributed by atoms with Gasteiger partial charge in [-0.3, -0.25) is 0 Å². The summed E-state index contributed by atoms with van der Waals surface area (Å²) in [4.78, 5) is 1.22. The number of thioether (sulfide) groups is 1. The molecule has 2 N–H and O–H groups in total. The maximum atomic E-state index is 6.00. The Morgan fingerprint density at radius 1 is 1.05 bits per heavy atom. The molecule has 0 radical (unpaired) electrons. The van der Waals surface area contributed by atoms with Crippen molar-refractivity contribution in [3.05, 3.63) is 54.1 Å². The summed E-state index contributed by atoms with van der Waals surface area (Å²) in [5.74, 6) is 0.355. The maximum Gasteiger partial charge on any atom is 0.230 e. The zero-order valence-corrected chi connectivity index (χ0v) is 12.8. The first-order valence-corrected chi connectivity index (χ1v) is 7.88. The lowest BCUT2D eigenvalue weighted by molar-refractivity contribution is 0.439. The molecule has 0 bridgehead atoms. The Morgan fingerprint density at radius 2 is 1.76 bits per heavy atom. The monoisotopic (exact) mass is 296 g/mol. The lowest BCUT2D eigenvalue weighted by Crippen LogP contribution is -1.90. The smallest absolute Gasteiger partial charge is 0.230 e. The molecule has 0 atom stereocenters. The van der Waals surface area contributed by atoms with Crippen LogP contribution in [-0.4, -0.2) is 11.4 Å². The highest BCUT2D eigenvalue weighted by Gasteiger charge is 2.18. The van der Waals surface area contributed by atoms with Crippen molar-refractivity contribution in [3.63, 3.8) is 0 Å². The second kappa shape index (κ2) is 5.66. The molecule has 106 valence electrons. The van der Waals surface area contributed by atoms with Crippen molar-refractivity contribution >= 4 is 17.6 Å². The summed E-state index contributed by atoms with van der Waals surface area (Å²) < 4.78 is 5.24. The van der Waals surface area contributed by atoms with E-state index in [1.807, 2.05) is 30.3 Å². The molecule has 0 aliphatic rings. The molecule has 21 heavy (non-hydrogen) atoms. The first-order chi connectivity index (χ1) is 10.2. The Kier molecular flexibility index (Phi) is 3.71. The van der Waals surface area contributed by atoms with Crippen molar-refractivity contribution in [2.24, 2.45) is 0 Å². The Balaban J connectivity index is 2.15. The van der Waals surface area contributed by atoms with Crippen molar-refractivity contribution in [2.45, 2.75) is 11.8 Å². The Bertz CT molecular complexity index is 763. The Labute approximate surface area is 128 Å². The molecule has 0 spiro atoms. The van der Waals surface area contributed by atoms with E-state index in [-0.39, 0.29) is 0 Å². The summed E-state index contributed by atoms with van der Waals surface area (Å²) in [6, 6.07) is 16.3. The highest BCUT2D eigenvalue weighted by molar-refractivity contribution is 7.98. The molecule has 0 fully saturated rings. The van der Waals surface area contributed by atoms with Crippen LogP contribution >= 0.6 is 11.8 Å². The van der Waals surface area contributed by atoms with Gasteiger partial charge in [-0.05, 0) is 36.4 Å². The largest absolute Gasteiger partial charge is 0.367 e. The quantitative estimate of drug-likeness (QED) is 0.716. The van der Waals surface area contributed by atoms with Crippen molar-refractivity contribution in [1.29, 1.82) is 0 Å². The van der Waals surface area contributed by atoms with Crippen LogP contribution in [0.4, 0.5) is 5.88 Å². The third-order valence-electron chi connectivity index (χ3n) is 3.50. The van der Waals surface area contributed by atoms with Crippen LogP contribution in [0.3, 0.4) is 0 Å². The predicted molar refractivity (Wildman–Crippen MR) is 88.3 cm³/mol. The van der Waals surface area contributed by atoms with Crippen LogP contribution < -0.4 is 5.73 Å². The van der Waals surface area contributed by atoms with Gasteiger partial charge in [-0.15, -0.1) is 11.8 Å². The van der Waals surface area contributed by atoms with Gasteiger partial charge in [0.1, 0.15) is 5.69 Å². The summed E-state index contributed by atoms with van der Waals surface area (Å²) in [5, 5.41) is 4.15. The fraction of sp³-hybridized carbons (Fsp3) is 0.118. The van der Waals surface area contributed by atoms with Crippen LogP contribution in [0, 0.1) is 6.92 Å². The maximum absolute atomic E-state index is 6.00. The molecule has 1 aromatic heterocycles. The summed E-state index contributed by atoms with van der Waals surface area (Å²) in [6.07, 6.45) is 2.06. The van der Waals surface area contributed by atoms with Gasteiger partial charge in [0.25, 0.3) is 0 Å². The van der Waals surface area contributed by atoms with E-state index >= 15 is 0 Å². The minimum Gasteiger partial charge on any atom is -0.367 e. The molecule has 3 rings (SSSR count). The fourth-order valence-electron chi connectivity index (χ4n) is 2.36. The number of aromatic nitrogens is 1. The van der Waals surface area contributed by atoms with E-state index in [0.717, 1.165) is 27.9 Å². The molecule has 0 aliphatic carbocycles. The molecule has 2 aromatic carbocycles. The number of rotatable bonds is 3. The van der Waals surface area contributed by atoms with Gasteiger partial charge in [-0.1, -0.05) is 41.6 Å². The molecule has 0 aliphatic heterocycles. The Hall–Kier alpha value is -2.20. The van der Waals surface area contributed by atoms with E-state index in [1.165, 1.54) is 4.90 Å². The standard InChI is InChI=1S/C17H16N2OS/c1-11-5-3-4-6-14(11)15-16(19-20-17(15)18)12-7-9-13(21-2)10-8-12/h3-10H,18H2,1-2H3. The normalized spacial score (nSPS) is 10.8. The lowest BCUT2D eigenvalue weighted by Gasteiger charge is -2.06. The van der Waals surface area contributed by atoms with E-state index in [9.17, 15) is 0 Å². The number of benzene rings is 2. The summed E-state index contributed by atoms with van der Waals surface area (Å²) in [7, 11) is 0. The van der Waals surface area contributed by atoms with E-state index < -0.39 is 0 Å². The van der Waals surface area contributed by atoms with Gasteiger partial charge in [-0.25, -0.2) is 0 Å². The van der Waals surface area contributed by atoms with Crippen LogP contribution in [0.5, 0.6) is 0 Å². The first kappa shape index (κ1) is 13.8. The zero-order chi connectivity index (χ0) is 14.8. The number of anilines is 1. The number of aryl methyl sites for hydroxylation is 1. The number of nitrogen functional groups attached to an aromatic ring is 1. The van der Waals surface area contributed by atoms with E-state index in [0.29, 0.717) is 5.88 Å². The summed E-state index contributed by atoms with van der Waals surface area (Å²) >= 11 is 1.71. The molecule has 4 heteroatoms. The highest BCUT2D eigenvalue weighted by Crippen LogP contribution is 2.37. The van der Waals surface area contributed by atoms with E-state index in [1.54, 1.807) is 11.8 Å². The van der Waals surface area contributed by atoms with Gasteiger partial charge in [0, 0.05) is 10.5 Å². The summed E-state index contributed by atoms with van der Waals surface area (Å²) in [6.45, 7) is 2.06. The van der Waals surface area contributed by atoms with Gasteiger partial charge >= 0.3 is 0 Å². The SMILES string of the molecule is CSc1ccc(-c2noc(N)c2-c2ccccc2C)cc1. The third kappa shape index (κ3) is 2.54. The molecule has 1 heterocycles. The number of hydrogen-bond donors (Lipinski definition) is 1. The second-order valence-corrected chi connectivity index (χ2v) is 5.69. The van der Waals surface area contributed by atoms with E-state index in [2.05, 4.69) is 36.5 Å². The van der Waals surface area contributed by atoms with Crippen LogP contribution in [0.1, 0.15) is 5.56 Å². The summed E-state index contributed by atoms with van der Waals surface area (Å²) in [5.41, 5.74) is 10.9. The van der Waals surface area contributed by atoms with Gasteiger partial charge in [0.2, 0.25) is 5.88 Å². The predicted octanol–water partition coefficient (Wildman–Crippen LogP) is 4.62. The molecule has 3 aromatic rings. The second-order valence-electron chi connectivity index (χ2n) is 4.81. The average molecular weight is 296 g/mol. The number of nitrogens with two attached hydrogens (primary N) is 1. The molecule has 0 amide bonds. The lowest BCUT2D eigenvalue weighted by atomic mass is 9.97. The number of nitrogens with zero attached hydrogens (tertiary/aromatic N) is 1. The topological polar surface area (TPSA) is 52.0 Å². The number of hydrogen-bond acceptors (Lipinski definition) is 4. The van der Waals surface area contributed by atoms with Crippen molar-refractivity contribution < 1.29 is 4.52 Å². The molecule has 0 unspecified atom stereocenters. The van der Waals surface area contributed by atoms with E-state index in [4.69, 9.17) is 10.3 Å². The van der Waals surface area contributed by atoms with Crippen molar-refractivity contribution in [3.8, 4) is 22.4 Å². The molecule has 0 saturated carbocycles. The van der Waals surface area contributed by atoms with Crippen molar-refractivity contribution in [2.75, 3.05) is 12.0 Å². The van der Waals surface area contributed by atoms with Gasteiger partial charge < -0.3 is 10.3 Å². The average Bonchev–Trinajstić information content (AvgIpc) is 2.89. The third-order valence-corrected chi connectivity index (χ3v) is 4.24. The molecule has 0 saturated heterocycles. The Morgan fingerprint density at radius 3 is 2.43 bits per heavy atom. The van der Waals surface area contributed by atoms with Gasteiger partial charge in [0.15, 0.2) is 0 Å².